The second-order valence-corrected chi connectivity index (χ2v) is 3.80. The van der Waals surface area contributed by atoms with E-state index in [-0.39, 0.29) is 5.54 Å². The molecule has 1 aliphatic rings. The van der Waals surface area contributed by atoms with E-state index < -0.39 is 0 Å². The Kier molecular flexibility index (Phi) is 2.13. The largest absolute Gasteiger partial charge is 0.431 e. The van der Waals surface area contributed by atoms with Gasteiger partial charge in [0.15, 0.2) is 0 Å². The second-order valence-electron chi connectivity index (χ2n) is 3.80. The highest BCUT2D eigenvalue weighted by Gasteiger charge is 2.22. The average molecular weight is 168 g/mol. The number of hydrogen-bond donors (Lipinski definition) is 0. The van der Waals surface area contributed by atoms with Crippen LogP contribution in [0, 0.1) is 0 Å². The van der Waals surface area contributed by atoms with Crippen molar-refractivity contribution in [3.63, 3.8) is 0 Å². The van der Waals surface area contributed by atoms with Crippen LogP contribution in [0.4, 0.5) is 0 Å². The van der Waals surface area contributed by atoms with Crippen LogP contribution in [0.15, 0.2) is 16.8 Å². The van der Waals surface area contributed by atoms with E-state index in [9.17, 15) is 0 Å². The Bertz CT molecular complexity index is 239. The molecule has 0 saturated carbocycles. The maximum Gasteiger partial charge on any atom is 0.292 e. The first kappa shape index (κ1) is 9.10. The fourth-order valence-electron chi connectivity index (χ4n) is 1.16. The summed E-state index contributed by atoms with van der Waals surface area (Å²) in [6, 6.07) is 0.681. The average Bonchev–Trinajstić information content (AvgIpc) is 1.82. The molecule has 0 saturated heterocycles. The fraction of sp³-hybridized carbons (Fsp3) is 0.667. The fourth-order valence-corrected chi connectivity index (χ4v) is 1.16. The van der Waals surface area contributed by atoms with E-state index in [1.807, 2.05) is 32.0 Å². The lowest BCUT2D eigenvalue weighted by molar-refractivity contribution is 0.314. The SMILES string of the molecule is CC1=CC(C)(C)N=C(N(C)C)O1. The number of amidine groups is 1. The molecule has 0 aromatic carbocycles. The number of nitrogens with zero attached hydrogens (tertiary/aromatic N) is 2. The lowest BCUT2D eigenvalue weighted by Crippen LogP contribution is -2.32. The lowest BCUT2D eigenvalue weighted by Gasteiger charge is -2.26. The third kappa shape index (κ3) is 2.00. The van der Waals surface area contributed by atoms with E-state index >= 15 is 0 Å². The Morgan fingerprint density at radius 2 is 2.00 bits per heavy atom. The second kappa shape index (κ2) is 2.81. The Balaban J connectivity index is 2.88. The van der Waals surface area contributed by atoms with E-state index in [4.69, 9.17) is 4.74 Å². The van der Waals surface area contributed by atoms with Crippen molar-refractivity contribution < 1.29 is 4.74 Å². The molecule has 12 heavy (non-hydrogen) atoms. The topological polar surface area (TPSA) is 24.8 Å². The summed E-state index contributed by atoms with van der Waals surface area (Å²) in [5.74, 6) is 0.915. The van der Waals surface area contributed by atoms with Crippen LogP contribution < -0.4 is 0 Å². The lowest BCUT2D eigenvalue weighted by atomic mass is 10.1. The summed E-state index contributed by atoms with van der Waals surface area (Å²) in [7, 11) is 3.85. The van der Waals surface area contributed by atoms with Crippen molar-refractivity contribution >= 4 is 6.02 Å². The zero-order valence-corrected chi connectivity index (χ0v) is 8.38. The molecule has 0 N–H and O–H groups in total. The number of ether oxygens (including phenoxy) is 1. The molecule has 0 unspecified atom stereocenters. The van der Waals surface area contributed by atoms with E-state index in [1.165, 1.54) is 0 Å². The molecule has 0 bridgehead atoms. The molecule has 0 spiro atoms. The highest BCUT2D eigenvalue weighted by Crippen LogP contribution is 2.20. The Labute approximate surface area is 73.7 Å². The maximum absolute atomic E-state index is 5.42. The number of hydrogen-bond acceptors (Lipinski definition) is 3. The van der Waals surface area contributed by atoms with Crippen molar-refractivity contribution in [3.05, 3.63) is 11.8 Å². The quantitative estimate of drug-likeness (QED) is 0.549. The van der Waals surface area contributed by atoms with E-state index in [1.54, 1.807) is 0 Å². The van der Waals surface area contributed by atoms with Crippen LogP contribution in [0.2, 0.25) is 0 Å². The smallest absolute Gasteiger partial charge is 0.292 e. The first-order valence-electron chi connectivity index (χ1n) is 4.05. The van der Waals surface area contributed by atoms with Gasteiger partial charge in [-0.1, -0.05) is 0 Å². The van der Waals surface area contributed by atoms with Crippen molar-refractivity contribution in [1.82, 2.24) is 4.90 Å². The molecule has 0 aromatic heterocycles. The van der Waals surface area contributed by atoms with Gasteiger partial charge in [0.2, 0.25) is 0 Å². The molecule has 0 atom stereocenters. The van der Waals surface area contributed by atoms with Crippen LogP contribution in [0.25, 0.3) is 0 Å². The van der Waals surface area contributed by atoms with Crippen molar-refractivity contribution in [2.24, 2.45) is 4.99 Å². The summed E-state index contributed by atoms with van der Waals surface area (Å²) in [5, 5.41) is 0. The van der Waals surface area contributed by atoms with Gasteiger partial charge in [-0.25, -0.2) is 4.99 Å². The van der Waals surface area contributed by atoms with Crippen LogP contribution in [-0.4, -0.2) is 30.6 Å². The Hall–Kier alpha value is -0.990. The van der Waals surface area contributed by atoms with Crippen molar-refractivity contribution in [1.29, 1.82) is 0 Å². The van der Waals surface area contributed by atoms with E-state index in [2.05, 4.69) is 18.8 Å². The van der Waals surface area contributed by atoms with Crippen LogP contribution in [-0.2, 0) is 4.74 Å². The zero-order chi connectivity index (χ0) is 9.35. The minimum absolute atomic E-state index is 0.137. The van der Waals surface area contributed by atoms with Gasteiger partial charge >= 0.3 is 0 Å². The third-order valence-electron chi connectivity index (χ3n) is 1.58. The van der Waals surface area contributed by atoms with Crippen LogP contribution in [0.3, 0.4) is 0 Å². The molecule has 0 amide bonds. The summed E-state index contributed by atoms with van der Waals surface area (Å²) in [5.41, 5.74) is -0.137. The van der Waals surface area contributed by atoms with Gasteiger partial charge in [-0.3, -0.25) is 0 Å². The van der Waals surface area contributed by atoms with Crippen molar-refractivity contribution in [2.45, 2.75) is 26.3 Å². The highest BCUT2D eigenvalue weighted by atomic mass is 16.5. The summed E-state index contributed by atoms with van der Waals surface area (Å²) in [6.45, 7) is 6.06. The first-order valence-corrected chi connectivity index (χ1v) is 4.05. The summed E-state index contributed by atoms with van der Waals surface area (Å²) in [4.78, 5) is 6.28. The third-order valence-corrected chi connectivity index (χ3v) is 1.58. The predicted molar refractivity (Wildman–Crippen MR) is 50.0 cm³/mol. The summed E-state index contributed by atoms with van der Waals surface area (Å²) < 4.78 is 5.42. The molecule has 3 nitrogen and oxygen atoms in total. The van der Waals surface area contributed by atoms with Gasteiger partial charge in [0.1, 0.15) is 5.76 Å². The predicted octanol–water partition coefficient (Wildman–Crippen LogP) is 1.62. The number of aliphatic imine (C=N–C) groups is 1. The minimum atomic E-state index is -0.137. The van der Waals surface area contributed by atoms with Gasteiger partial charge in [0.25, 0.3) is 6.02 Å². The van der Waals surface area contributed by atoms with Gasteiger partial charge in [0.05, 0.1) is 5.54 Å². The molecular formula is C9H16N2O. The van der Waals surface area contributed by atoms with Crippen LogP contribution in [0.5, 0.6) is 0 Å². The molecule has 1 aliphatic heterocycles. The molecule has 0 radical (unpaired) electrons. The molecule has 0 aliphatic carbocycles. The molecule has 0 aromatic rings. The Morgan fingerprint density at radius 3 is 2.42 bits per heavy atom. The number of rotatable bonds is 0. The highest BCUT2D eigenvalue weighted by molar-refractivity contribution is 5.75. The first-order chi connectivity index (χ1) is 5.41. The minimum Gasteiger partial charge on any atom is -0.431 e. The monoisotopic (exact) mass is 168 g/mol. The summed E-state index contributed by atoms with van der Waals surface area (Å²) in [6.07, 6.45) is 2.01. The Morgan fingerprint density at radius 1 is 1.42 bits per heavy atom. The van der Waals surface area contributed by atoms with Crippen LogP contribution >= 0.6 is 0 Å². The normalized spacial score (nSPS) is 20.8. The molecule has 68 valence electrons. The van der Waals surface area contributed by atoms with E-state index in [0.29, 0.717) is 6.02 Å². The maximum atomic E-state index is 5.42. The molecule has 1 rings (SSSR count). The van der Waals surface area contributed by atoms with Gasteiger partial charge in [-0.05, 0) is 26.8 Å². The van der Waals surface area contributed by atoms with Crippen molar-refractivity contribution in [3.8, 4) is 0 Å². The number of allylic oxidation sites excluding steroid dienone is 1. The van der Waals surface area contributed by atoms with Gasteiger partial charge < -0.3 is 9.64 Å². The molecule has 0 fully saturated rings. The molecule has 3 heteroatoms. The van der Waals surface area contributed by atoms with E-state index in [0.717, 1.165) is 5.76 Å². The summed E-state index contributed by atoms with van der Waals surface area (Å²) >= 11 is 0. The molecular weight excluding hydrogens is 152 g/mol. The zero-order valence-electron chi connectivity index (χ0n) is 8.38. The van der Waals surface area contributed by atoms with Crippen LogP contribution in [0.1, 0.15) is 20.8 Å². The standard InChI is InChI=1S/C9H16N2O/c1-7-6-9(2,3)10-8(12-7)11(4)5/h6H,1-5H3. The van der Waals surface area contributed by atoms with Crippen molar-refractivity contribution in [2.75, 3.05) is 14.1 Å². The van der Waals surface area contributed by atoms with Gasteiger partial charge in [-0.15, -0.1) is 0 Å². The van der Waals surface area contributed by atoms with Gasteiger partial charge in [-0.2, -0.15) is 0 Å². The molecule has 1 heterocycles. The van der Waals surface area contributed by atoms with Gasteiger partial charge in [0, 0.05) is 14.1 Å².